The summed E-state index contributed by atoms with van der Waals surface area (Å²) >= 11 is 0. The summed E-state index contributed by atoms with van der Waals surface area (Å²) < 4.78 is 6.22. The van der Waals surface area contributed by atoms with Gasteiger partial charge in [0.15, 0.2) is 0 Å². The molecule has 0 radical (unpaired) electrons. The Kier molecular flexibility index (Phi) is 8.91. The smallest absolute Gasteiger partial charge is 0.247 e. The highest BCUT2D eigenvalue weighted by Gasteiger charge is 2.46. The van der Waals surface area contributed by atoms with Gasteiger partial charge in [-0.25, -0.2) is 0 Å². The summed E-state index contributed by atoms with van der Waals surface area (Å²) in [7, 11) is 3.70. The Morgan fingerprint density at radius 2 is 1.90 bits per heavy atom. The third-order valence-corrected chi connectivity index (χ3v) is 7.65. The highest BCUT2D eigenvalue weighted by molar-refractivity contribution is 5.94. The van der Waals surface area contributed by atoms with E-state index in [1.54, 1.807) is 23.1 Å². The molecule has 1 fully saturated rings. The van der Waals surface area contributed by atoms with Crippen LogP contribution in [-0.4, -0.2) is 77.5 Å². The van der Waals surface area contributed by atoms with E-state index < -0.39 is 30.1 Å². The molecule has 0 saturated carbocycles. The summed E-state index contributed by atoms with van der Waals surface area (Å²) in [6.07, 6.45) is 3.96. The molecule has 3 heterocycles. The molecule has 5 rings (SSSR count). The second-order valence-corrected chi connectivity index (χ2v) is 10.5. The number of amides is 3. The number of phenols is 1. The van der Waals surface area contributed by atoms with Gasteiger partial charge in [-0.15, -0.1) is 0 Å². The molecular formula is C30H38N4O5. The maximum absolute atomic E-state index is 14.0. The molecule has 2 aromatic rings. The minimum absolute atomic E-state index is 0.0176. The van der Waals surface area contributed by atoms with Crippen LogP contribution < -0.4 is 15.4 Å². The van der Waals surface area contributed by atoms with Crippen LogP contribution in [0.2, 0.25) is 0 Å². The van der Waals surface area contributed by atoms with Crippen LogP contribution >= 0.6 is 0 Å². The molecule has 3 N–H and O–H groups in total. The quantitative estimate of drug-likeness (QED) is 0.525. The first kappa shape index (κ1) is 28.2. The number of nitrogens with one attached hydrogen (secondary N) is 2. The number of ether oxygens (including phenoxy) is 1. The molecule has 3 amide bonds. The molecule has 1 saturated heterocycles. The number of nitrogens with zero attached hydrogens (tertiary/aromatic N) is 2. The number of phenolic OH excluding ortho intramolecular Hbond substituents is 1. The largest absolute Gasteiger partial charge is 0.507 e. The molecular weight excluding hydrogens is 496 g/mol. The third-order valence-electron chi connectivity index (χ3n) is 7.65. The standard InChI is InChI=1S/C30H38N4O5/c1-5-19(2)26-28(36)31-15-13-21-11-12-22(18-24(21)35)39-25-14-16-34(27(25)29(37)32-26)30(38)23(33(3)4)17-20-9-7-6-8-10-20/h6-13,15,18-19,23,25-27,35H,5,14,16-17H2,1-4H3,(H,31,36)(H,32,37). The van der Waals surface area contributed by atoms with Gasteiger partial charge in [0, 0.05) is 30.8 Å². The van der Waals surface area contributed by atoms with Gasteiger partial charge in [-0.05, 0) is 50.2 Å². The van der Waals surface area contributed by atoms with E-state index in [1.807, 2.05) is 63.2 Å². The first-order chi connectivity index (χ1) is 18.7. The van der Waals surface area contributed by atoms with Gasteiger partial charge in [0.25, 0.3) is 0 Å². The van der Waals surface area contributed by atoms with Crippen molar-refractivity contribution >= 4 is 23.8 Å². The van der Waals surface area contributed by atoms with Crippen LogP contribution in [0, 0.1) is 5.92 Å². The van der Waals surface area contributed by atoms with Gasteiger partial charge in [0.05, 0.1) is 6.04 Å². The number of carbonyl (C=O) groups excluding carboxylic acids is 3. The van der Waals surface area contributed by atoms with E-state index in [9.17, 15) is 19.5 Å². The Hall–Kier alpha value is -3.85. The number of aromatic hydroxyl groups is 1. The molecule has 0 aliphatic carbocycles. The van der Waals surface area contributed by atoms with Gasteiger partial charge in [0.1, 0.15) is 29.7 Å². The summed E-state index contributed by atoms with van der Waals surface area (Å²) in [5.41, 5.74) is 1.53. The van der Waals surface area contributed by atoms with Crippen LogP contribution in [0.15, 0.2) is 54.7 Å². The minimum Gasteiger partial charge on any atom is -0.507 e. The number of likely N-dealkylation sites (tertiary alicyclic amines) is 1. The van der Waals surface area contributed by atoms with Crippen molar-refractivity contribution in [3.05, 3.63) is 65.9 Å². The Balaban J connectivity index is 1.70. The summed E-state index contributed by atoms with van der Waals surface area (Å²) in [5, 5.41) is 16.2. The van der Waals surface area contributed by atoms with E-state index >= 15 is 0 Å². The number of hydrogen-bond acceptors (Lipinski definition) is 6. The lowest BCUT2D eigenvalue weighted by Gasteiger charge is -2.34. The average Bonchev–Trinajstić information content (AvgIpc) is 3.34. The van der Waals surface area contributed by atoms with Crippen molar-refractivity contribution in [1.82, 2.24) is 20.4 Å². The van der Waals surface area contributed by atoms with Gasteiger partial charge < -0.3 is 25.4 Å². The molecule has 9 nitrogen and oxygen atoms in total. The Morgan fingerprint density at radius 3 is 2.56 bits per heavy atom. The molecule has 2 bridgehead atoms. The van der Waals surface area contributed by atoms with E-state index in [0.29, 0.717) is 37.1 Å². The van der Waals surface area contributed by atoms with Crippen molar-refractivity contribution in [3.63, 3.8) is 0 Å². The number of benzene rings is 2. The van der Waals surface area contributed by atoms with Gasteiger partial charge >= 0.3 is 0 Å². The molecule has 5 unspecified atom stereocenters. The maximum Gasteiger partial charge on any atom is 0.247 e. The van der Waals surface area contributed by atoms with Crippen LogP contribution in [0.1, 0.15) is 37.8 Å². The first-order valence-corrected chi connectivity index (χ1v) is 13.5. The van der Waals surface area contributed by atoms with Crippen LogP contribution in [-0.2, 0) is 20.8 Å². The van der Waals surface area contributed by atoms with Crippen molar-refractivity contribution in [2.75, 3.05) is 20.6 Å². The number of fused-ring (bicyclic) bond motifs is 7. The second-order valence-electron chi connectivity index (χ2n) is 10.5. The SMILES string of the molecule is CCC(C)C1NC(=O)C2C(CCN2C(=O)C(Cc2ccccc2)N(C)C)Oc2ccc(c(O)c2)C=CNC1=O. The molecule has 0 spiro atoms. The molecule has 2 aromatic carbocycles. The van der Waals surface area contributed by atoms with Crippen LogP contribution in [0.4, 0.5) is 0 Å². The molecule has 3 aliphatic rings. The fourth-order valence-corrected chi connectivity index (χ4v) is 5.12. The van der Waals surface area contributed by atoms with Gasteiger partial charge in [0.2, 0.25) is 17.7 Å². The predicted molar refractivity (Wildman–Crippen MR) is 149 cm³/mol. The topological polar surface area (TPSA) is 111 Å². The molecule has 39 heavy (non-hydrogen) atoms. The van der Waals surface area contributed by atoms with Crippen LogP contribution in [0.5, 0.6) is 11.5 Å². The van der Waals surface area contributed by atoms with Crippen molar-refractivity contribution in [2.24, 2.45) is 5.92 Å². The Bertz CT molecular complexity index is 1220. The predicted octanol–water partition coefficient (Wildman–Crippen LogP) is 2.54. The molecule has 3 aliphatic heterocycles. The Labute approximate surface area is 229 Å². The van der Waals surface area contributed by atoms with Gasteiger partial charge in [-0.2, -0.15) is 0 Å². The number of hydrogen-bond donors (Lipinski definition) is 3. The van der Waals surface area contributed by atoms with E-state index in [2.05, 4.69) is 10.6 Å². The van der Waals surface area contributed by atoms with E-state index in [-0.39, 0.29) is 23.5 Å². The summed E-state index contributed by atoms with van der Waals surface area (Å²) in [4.78, 5) is 44.4. The van der Waals surface area contributed by atoms with Crippen LogP contribution in [0.25, 0.3) is 6.08 Å². The number of carbonyl (C=O) groups is 3. The summed E-state index contributed by atoms with van der Waals surface area (Å²) in [6.45, 7) is 4.17. The zero-order chi connectivity index (χ0) is 28.1. The van der Waals surface area contributed by atoms with Crippen molar-refractivity contribution in [2.45, 2.75) is 57.3 Å². The minimum atomic E-state index is -0.949. The fourth-order valence-electron chi connectivity index (χ4n) is 5.12. The third kappa shape index (κ3) is 6.42. The molecule has 5 atom stereocenters. The fraction of sp³-hybridized carbons (Fsp3) is 0.433. The van der Waals surface area contributed by atoms with Crippen LogP contribution in [0.3, 0.4) is 0 Å². The zero-order valence-electron chi connectivity index (χ0n) is 23.0. The van der Waals surface area contributed by atoms with Gasteiger partial charge in [-0.1, -0.05) is 50.6 Å². The highest BCUT2D eigenvalue weighted by atomic mass is 16.5. The highest BCUT2D eigenvalue weighted by Crippen LogP contribution is 2.30. The molecule has 9 heteroatoms. The summed E-state index contributed by atoms with van der Waals surface area (Å²) in [6, 6.07) is 12.4. The lowest BCUT2D eigenvalue weighted by molar-refractivity contribution is -0.144. The van der Waals surface area contributed by atoms with E-state index in [1.165, 1.54) is 12.3 Å². The first-order valence-electron chi connectivity index (χ1n) is 13.5. The summed E-state index contributed by atoms with van der Waals surface area (Å²) in [5.74, 6) is -0.761. The Morgan fingerprint density at radius 1 is 1.15 bits per heavy atom. The molecule has 208 valence electrons. The van der Waals surface area contributed by atoms with Crippen molar-refractivity contribution in [1.29, 1.82) is 0 Å². The average molecular weight is 535 g/mol. The van der Waals surface area contributed by atoms with E-state index in [4.69, 9.17) is 4.74 Å². The normalized spacial score (nSPS) is 22.9. The van der Waals surface area contributed by atoms with Crippen molar-refractivity contribution in [3.8, 4) is 11.5 Å². The monoisotopic (exact) mass is 534 g/mol. The lowest BCUT2D eigenvalue weighted by Crippen LogP contribution is -2.59. The van der Waals surface area contributed by atoms with Crippen molar-refractivity contribution < 1.29 is 24.2 Å². The van der Waals surface area contributed by atoms with Gasteiger partial charge in [-0.3, -0.25) is 19.3 Å². The molecule has 0 aromatic heterocycles. The number of rotatable bonds is 6. The zero-order valence-corrected chi connectivity index (χ0v) is 23.0. The second kappa shape index (κ2) is 12.3. The number of likely N-dealkylation sites (N-methyl/N-ethyl adjacent to an activating group) is 1. The van der Waals surface area contributed by atoms with E-state index in [0.717, 1.165) is 5.56 Å². The lowest BCUT2D eigenvalue weighted by atomic mass is 9.97. The maximum atomic E-state index is 14.0.